The molecular weight excluding hydrogens is 647 g/mol. The van der Waals surface area contributed by atoms with E-state index in [9.17, 15) is 10.2 Å². The van der Waals surface area contributed by atoms with Crippen molar-refractivity contribution in [2.24, 2.45) is 9.98 Å². The van der Waals surface area contributed by atoms with Crippen LogP contribution in [0, 0.1) is 0 Å². The van der Waals surface area contributed by atoms with Crippen molar-refractivity contribution < 1.29 is 37.6 Å². The summed E-state index contributed by atoms with van der Waals surface area (Å²) in [4.78, 5) is 8.68. The van der Waals surface area contributed by atoms with Gasteiger partial charge in [0.25, 0.3) is 0 Å². The van der Waals surface area contributed by atoms with Crippen LogP contribution in [0.3, 0.4) is 0 Å². The number of rotatable bonds is 12. The fourth-order valence-electron chi connectivity index (χ4n) is 5.31. The van der Waals surface area contributed by atoms with E-state index in [-0.39, 0.29) is 28.3 Å². The van der Waals surface area contributed by atoms with Gasteiger partial charge >= 0.3 is 16.8 Å². The van der Waals surface area contributed by atoms with Crippen LogP contribution < -0.4 is 20.8 Å². The van der Waals surface area contributed by atoms with Crippen molar-refractivity contribution in [3.63, 3.8) is 0 Å². The molecule has 0 saturated heterocycles. The van der Waals surface area contributed by atoms with E-state index in [1.54, 1.807) is 36.7 Å². The fraction of sp³-hybridized carbons (Fsp3) is 0.529. The molecule has 2 aliphatic carbocycles. The minimum absolute atomic E-state index is 0. The molecule has 2 fully saturated rings. The van der Waals surface area contributed by atoms with Gasteiger partial charge in [0.1, 0.15) is 0 Å². The first-order valence-corrected chi connectivity index (χ1v) is 16.6. The second kappa shape index (κ2) is 30.1. The molecule has 0 aromatic heterocycles. The van der Waals surface area contributed by atoms with Gasteiger partial charge in [0, 0.05) is 38.4 Å². The van der Waals surface area contributed by atoms with E-state index < -0.39 is 0 Å². The maximum Gasteiger partial charge on any atom is 2.00 e. The molecule has 0 heterocycles. The van der Waals surface area contributed by atoms with Crippen molar-refractivity contribution in [3.8, 4) is 11.5 Å². The van der Waals surface area contributed by atoms with Crippen molar-refractivity contribution in [2.45, 2.75) is 89.1 Å². The van der Waals surface area contributed by atoms with E-state index in [0.717, 1.165) is 51.1 Å². The molecule has 0 atom stereocenters. The minimum atomic E-state index is 0. The third kappa shape index (κ3) is 22.5. The van der Waals surface area contributed by atoms with Gasteiger partial charge in [-0.2, -0.15) is 10.3 Å². The molecule has 2 saturated carbocycles. The van der Waals surface area contributed by atoms with Crippen molar-refractivity contribution in [1.29, 1.82) is 0 Å². The van der Waals surface area contributed by atoms with Crippen molar-refractivity contribution in [3.05, 3.63) is 70.5 Å². The zero-order valence-corrected chi connectivity index (χ0v) is 28.8. The Morgan fingerprint density at radius 3 is 1.33 bits per heavy atom. The summed E-state index contributed by atoms with van der Waals surface area (Å²) in [6.45, 7) is 3.94. The molecule has 2 aromatic rings. The third-order valence-electron chi connectivity index (χ3n) is 7.58. The van der Waals surface area contributed by atoms with E-state index in [2.05, 4.69) is 45.1 Å². The zero-order chi connectivity index (χ0) is 32.1. The van der Waals surface area contributed by atoms with Crippen LogP contribution in [0.15, 0.2) is 58.5 Å². The van der Waals surface area contributed by atoms with Gasteiger partial charge in [0.2, 0.25) is 0 Å². The van der Waals surface area contributed by atoms with Crippen LogP contribution in [0.1, 0.15) is 88.2 Å². The summed E-state index contributed by atoms with van der Waals surface area (Å²) in [5, 5.41) is 44.8. The molecule has 2 aromatic carbocycles. The fourth-order valence-corrected chi connectivity index (χ4v) is 5.31. The van der Waals surface area contributed by atoms with Crippen LogP contribution in [0.25, 0.3) is 10.8 Å². The van der Waals surface area contributed by atoms with E-state index >= 15 is 0 Å². The molecule has 8 nitrogen and oxygen atoms in total. The van der Waals surface area contributed by atoms with Gasteiger partial charge in [-0.25, -0.2) is 0 Å². The minimum Gasteiger partial charge on any atom is -0.872 e. The molecule has 45 heavy (non-hydrogen) atoms. The number of thiocarbonyl (C=S) groups is 2. The summed E-state index contributed by atoms with van der Waals surface area (Å²) in [7, 11) is 0. The molecular formula is C34H48CoN6O2S2. The van der Waals surface area contributed by atoms with E-state index in [0.29, 0.717) is 11.1 Å². The van der Waals surface area contributed by atoms with Crippen molar-refractivity contribution >= 4 is 47.2 Å². The van der Waals surface area contributed by atoms with Gasteiger partial charge in [0.05, 0.1) is 25.2 Å². The Hall–Kier alpha value is -2.59. The Kier molecular flexibility index (Phi) is 28.3. The molecule has 0 unspecified atom stereocenters. The van der Waals surface area contributed by atoms with E-state index in [1.165, 1.54) is 74.5 Å². The number of para-hydroxylation sites is 2. The Balaban J connectivity index is 0.000000719. The topological polar surface area (TPSA) is 149 Å². The molecule has 2 aliphatic rings. The molecule has 247 valence electrons. The number of benzene rings is 2. The second-order valence-corrected chi connectivity index (χ2v) is 11.2. The van der Waals surface area contributed by atoms with Crippen LogP contribution in [-0.2, 0) is 16.8 Å². The first-order chi connectivity index (χ1) is 21.5. The van der Waals surface area contributed by atoms with Crippen LogP contribution in [0.2, 0.25) is 0 Å². The van der Waals surface area contributed by atoms with Gasteiger partial charge < -0.3 is 31.7 Å². The average molecular weight is 696 g/mol. The number of isothiocyanates is 2. The Morgan fingerprint density at radius 1 is 0.667 bits per heavy atom. The molecule has 4 N–H and O–H groups in total. The maximum atomic E-state index is 11.4. The SMILES string of the molecule is [Co+2].[N-]=C=S.[N-]=C=S.[O-]c1ccccc1C=NCCC[NH2+]C1CCCCC1.[O-]c1ccccc1C=NCCC[NH2+]C1CCCCC1. The van der Waals surface area contributed by atoms with E-state index in [4.69, 9.17) is 10.8 Å². The first-order valence-electron chi connectivity index (χ1n) is 15.8. The first kappa shape index (κ1) is 42.4. The van der Waals surface area contributed by atoms with Gasteiger partial charge in [-0.05, 0) is 62.5 Å². The number of hydrogen-bond acceptors (Lipinski definition) is 6. The molecule has 0 aliphatic heterocycles. The zero-order valence-electron chi connectivity index (χ0n) is 26.2. The monoisotopic (exact) mass is 695 g/mol. The quantitative estimate of drug-likeness (QED) is 0.194. The van der Waals surface area contributed by atoms with Gasteiger partial charge in [-0.15, -0.1) is 11.5 Å². The van der Waals surface area contributed by atoms with Gasteiger partial charge in [0.15, 0.2) is 0 Å². The molecule has 0 bridgehead atoms. The number of hydrogen-bond donors (Lipinski definition) is 2. The summed E-state index contributed by atoms with van der Waals surface area (Å²) < 4.78 is 0. The normalized spacial score (nSPS) is 14.8. The number of nitrogens with zero attached hydrogens (tertiary/aromatic N) is 4. The predicted octanol–water partition coefficient (Wildman–Crippen LogP) is 4.25. The Labute approximate surface area is 290 Å². The van der Waals surface area contributed by atoms with Crippen molar-refractivity contribution in [2.75, 3.05) is 26.2 Å². The molecule has 4 rings (SSSR count). The largest absolute Gasteiger partial charge is 2.00 e. The second-order valence-electron chi connectivity index (χ2n) is 10.9. The summed E-state index contributed by atoms with van der Waals surface area (Å²) in [6.07, 6.45) is 19.6. The predicted molar refractivity (Wildman–Crippen MR) is 185 cm³/mol. The van der Waals surface area contributed by atoms with Crippen LogP contribution in [-0.4, -0.2) is 61.0 Å². The summed E-state index contributed by atoms with van der Waals surface area (Å²) >= 11 is 7.40. The van der Waals surface area contributed by atoms with Crippen LogP contribution >= 0.6 is 24.4 Å². The standard InChI is InChI=1S/2C16H24N2O.2CNS.Co/c2*19-16-10-5-4-7-14(16)13-17-11-6-12-18-15-8-2-1-3-9-15;2*2-1-3;/h2*4-5,7,10,13,15,18-19H,1-3,6,8-9,11-12H2;;;/q;;2*-1;+2. The number of quaternary nitrogens is 2. The third-order valence-corrected chi connectivity index (χ3v) is 7.58. The molecule has 11 heteroatoms. The average Bonchev–Trinajstić information content (AvgIpc) is 3.04. The summed E-state index contributed by atoms with van der Waals surface area (Å²) in [5.74, 6) is 0.111. The Bertz CT molecular complexity index is 1050. The van der Waals surface area contributed by atoms with Gasteiger partial charge in [-0.1, -0.05) is 85.8 Å². The van der Waals surface area contributed by atoms with Crippen LogP contribution in [0.4, 0.5) is 0 Å². The molecule has 0 amide bonds. The smallest absolute Gasteiger partial charge is 0.872 e. The molecule has 0 spiro atoms. The van der Waals surface area contributed by atoms with Crippen molar-refractivity contribution in [1.82, 2.24) is 0 Å². The summed E-state index contributed by atoms with van der Waals surface area (Å²) in [5.41, 5.74) is 1.39. The molecule has 1 radical (unpaired) electrons. The van der Waals surface area contributed by atoms with Gasteiger partial charge in [-0.3, -0.25) is 9.98 Å². The van der Waals surface area contributed by atoms with E-state index in [1.807, 2.05) is 24.3 Å². The number of aliphatic imine (C=N–C) groups is 2. The maximum absolute atomic E-state index is 11.4. The summed E-state index contributed by atoms with van der Waals surface area (Å²) in [6, 6.07) is 15.8. The number of nitrogens with two attached hydrogens (primary N) is 2. The van der Waals surface area contributed by atoms with Crippen LogP contribution in [0.5, 0.6) is 11.5 Å². The Morgan fingerprint density at radius 2 is 1.00 bits per heavy atom.